The lowest BCUT2D eigenvalue weighted by Crippen LogP contribution is -2.41. The Kier molecular flexibility index (Phi) is 7.05. The summed E-state index contributed by atoms with van der Waals surface area (Å²) in [4.78, 5) is 39.8. The van der Waals surface area contributed by atoms with Crippen LogP contribution in [0.3, 0.4) is 0 Å². The van der Waals surface area contributed by atoms with E-state index in [2.05, 4.69) is 51.1 Å². The van der Waals surface area contributed by atoms with Crippen LogP contribution >= 0.6 is 0 Å². The number of Topliss-reactive ketones (excluding diaryl/α,β-unsaturated/α-hetero) is 1. The Morgan fingerprint density at radius 3 is 2.69 bits per heavy atom. The summed E-state index contributed by atoms with van der Waals surface area (Å²) < 4.78 is 1.61. The summed E-state index contributed by atoms with van der Waals surface area (Å²) >= 11 is 0. The number of fused-ring (bicyclic) bond motifs is 2. The summed E-state index contributed by atoms with van der Waals surface area (Å²) in [6, 6.07) is 16.9. The first kappa shape index (κ1) is 26.6. The fraction of sp³-hybridized carbons (Fsp3) is 0.333. The molecule has 1 fully saturated rings. The standard InChI is InChI=1S/C33H35N7O2/c1-39-17-5-4-8-28(39)26-18-23-19-36-33(37-24-11-9-21(10-12-24)22-13-15-34-16-14-22)38-31(23)40(32(26)42)29-20-35-27-7-3-2-6-25(27)30(29)41/h2-3,6-7,9-13,18-19,28-29,34-35H,4-5,8,14-17,20H2,1H3,(H,36,37,38). The number of rotatable bonds is 5. The zero-order chi connectivity index (χ0) is 28.6. The molecule has 5 heterocycles. The van der Waals surface area contributed by atoms with Crippen LogP contribution in [0, 0.1) is 0 Å². The summed E-state index contributed by atoms with van der Waals surface area (Å²) in [5.41, 5.74) is 5.78. The molecule has 0 bridgehead atoms. The highest BCUT2D eigenvalue weighted by Crippen LogP contribution is 2.32. The van der Waals surface area contributed by atoms with Crippen molar-refractivity contribution in [1.82, 2.24) is 24.8 Å². The zero-order valence-corrected chi connectivity index (χ0v) is 23.8. The van der Waals surface area contributed by atoms with Gasteiger partial charge in [-0.15, -0.1) is 0 Å². The summed E-state index contributed by atoms with van der Waals surface area (Å²) in [7, 11) is 2.07. The molecular formula is C33H35N7O2. The molecular weight excluding hydrogens is 526 g/mol. The predicted octanol–water partition coefficient (Wildman–Crippen LogP) is 4.92. The molecule has 2 unspecified atom stereocenters. The summed E-state index contributed by atoms with van der Waals surface area (Å²) in [5, 5.41) is 10.8. The van der Waals surface area contributed by atoms with Gasteiger partial charge in [-0.2, -0.15) is 4.98 Å². The quantitative estimate of drug-likeness (QED) is 0.316. The van der Waals surface area contributed by atoms with Crippen LogP contribution in [0.25, 0.3) is 16.6 Å². The molecule has 9 nitrogen and oxygen atoms in total. The number of piperidine rings is 1. The monoisotopic (exact) mass is 561 g/mol. The largest absolute Gasteiger partial charge is 0.382 e. The Morgan fingerprint density at radius 2 is 1.88 bits per heavy atom. The molecule has 0 spiro atoms. The van der Waals surface area contributed by atoms with Crippen molar-refractivity contribution >= 4 is 39.7 Å². The van der Waals surface area contributed by atoms with Crippen LogP contribution in [0.5, 0.6) is 0 Å². The molecule has 42 heavy (non-hydrogen) atoms. The lowest BCUT2D eigenvalue weighted by Gasteiger charge is -2.33. The molecule has 2 aromatic carbocycles. The van der Waals surface area contributed by atoms with Crippen molar-refractivity contribution in [3.63, 3.8) is 0 Å². The second-order valence-electron chi connectivity index (χ2n) is 11.4. The van der Waals surface area contributed by atoms with Crippen molar-refractivity contribution in [2.45, 2.75) is 37.8 Å². The first-order valence-electron chi connectivity index (χ1n) is 14.8. The van der Waals surface area contributed by atoms with Gasteiger partial charge >= 0.3 is 0 Å². The third-order valence-corrected chi connectivity index (χ3v) is 8.80. The van der Waals surface area contributed by atoms with Gasteiger partial charge < -0.3 is 16.0 Å². The van der Waals surface area contributed by atoms with Crippen molar-refractivity contribution in [2.24, 2.45) is 0 Å². The first-order chi connectivity index (χ1) is 20.6. The van der Waals surface area contributed by atoms with Gasteiger partial charge in [-0.25, -0.2) is 4.98 Å². The average Bonchev–Trinajstić information content (AvgIpc) is 3.03. The van der Waals surface area contributed by atoms with E-state index in [1.807, 2.05) is 42.5 Å². The van der Waals surface area contributed by atoms with Gasteiger partial charge in [0.1, 0.15) is 11.7 Å². The van der Waals surface area contributed by atoms with Crippen LogP contribution in [0.15, 0.2) is 71.7 Å². The number of ketones is 1. The number of pyridine rings is 1. The maximum absolute atomic E-state index is 14.3. The number of carbonyl (C=O) groups excluding carboxylic acids is 1. The second kappa shape index (κ2) is 11.2. The van der Waals surface area contributed by atoms with E-state index >= 15 is 0 Å². The number of likely N-dealkylation sites (tertiary alicyclic amines) is 1. The van der Waals surface area contributed by atoms with Gasteiger partial charge in [0.25, 0.3) is 5.56 Å². The normalized spacial score (nSPS) is 21.0. The van der Waals surface area contributed by atoms with Crippen molar-refractivity contribution < 1.29 is 4.79 Å². The lowest BCUT2D eigenvalue weighted by molar-refractivity contribution is 0.0926. The third kappa shape index (κ3) is 4.88. The van der Waals surface area contributed by atoms with Gasteiger partial charge in [0.15, 0.2) is 5.78 Å². The van der Waals surface area contributed by atoms with Crippen molar-refractivity contribution in [3.05, 3.63) is 93.9 Å². The van der Waals surface area contributed by atoms with Gasteiger partial charge in [-0.1, -0.05) is 36.8 Å². The zero-order valence-electron chi connectivity index (χ0n) is 23.8. The Hall–Kier alpha value is -4.34. The highest BCUT2D eigenvalue weighted by molar-refractivity contribution is 6.06. The number of nitrogens with one attached hydrogen (secondary N) is 3. The maximum atomic E-state index is 14.3. The highest BCUT2D eigenvalue weighted by Gasteiger charge is 2.33. The Bertz CT molecular complexity index is 1740. The molecule has 0 radical (unpaired) electrons. The molecule has 0 saturated carbocycles. The van der Waals surface area contributed by atoms with Gasteiger partial charge in [0.2, 0.25) is 5.95 Å². The van der Waals surface area contributed by atoms with Crippen LogP contribution in [0.4, 0.5) is 17.3 Å². The molecule has 3 aliphatic heterocycles. The number of hydrogen-bond acceptors (Lipinski definition) is 8. The lowest BCUT2D eigenvalue weighted by atomic mass is 9.94. The van der Waals surface area contributed by atoms with Crippen LogP contribution in [0.1, 0.15) is 59.3 Å². The van der Waals surface area contributed by atoms with E-state index in [-0.39, 0.29) is 17.4 Å². The topological polar surface area (TPSA) is 104 Å². The van der Waals surface area contributed by atoms with Gasteiger partial charge in [0.05, 0.1) is 0 Å². The molecule has 7 rings (SSSR count). The van der Waals surface area contributed by atoms with E-state index in [9.17, 15) is 9.59 Å². The molecule has 214 valence electrons. The SMILES string of the molecule is CN1CCCCC1c1cc2cnc(Nc3ccc(C4=CCNCC4)cc3)nc2n(C2CNc3ccccc3C2=O)c1=O. The maximum Gasteiger partial charge on any atom is 0.257 e. The molecule has 0 amide bonds. The van der Waals surface area contributed by atoms with E-state index < -0.39 is 6.04 Å². The number of aromatic nitrogens is 3. The Morgan fingerprint density at radius 1 is 1.02 bits per heavy atom. The van der Waals surface area contributed by atoms with Crippen LogP contribution in [-0.2, 0) is 0 Å². The predicted molar refractivity (Wildman–Crippen MR) is 167 cm³/mol. The van der Waals surface area contributed by atoms with E-state index in [4.69, 9.17) is 4.98 Å². The number of benzene rings is 2. The summed E-state index contributed by atoms with van der Waals surface area (Å²) in [6.45, 7) is 3.13. The number of anilines is 3. The van der Waals surface area contributed by atoms with Crippen molar-refractivity contribution in [2.75, 3.05) is 43.9 Å². The second-order valence-corrected chi connectivity index (χ2v) is 11.4. The van der Waals surface area contributed by atoms with Crippen LogP contribution < -0.4 is 21.5 Å². The first-order valence-corrected chi connectivity index (χ1v) is 14.8. The van der Waals surface area contributed by atoms with E-state index in [1.165, 1.54) is 11.1 Å². The molecule has 3 N–H and O–H groups in total. The number of hydrogen-bond donors (Lipinski definition) is 3. The fourth-order valence-electron chi connectivity index (χ4n) is 6.52. The average molecular weight is 562 g/mol. The number of carbonyl (C=O) groups is 1. The highest BCUT2D eigenvalue weighted by atomic mass is 16.1. The van der Waals surface area contributed by atoms with Crippen LogP contribution in [0.2, 0.25) is 0 Å². The van der Waals surface area contributed by atoms with Gasteiger partial charge in [-0.3, -0.25) is 19.1 Å². The van der Waals surface area contributed by atoms with E-state index in [0.717, 1.165) is 62.1 Å². The van der Waals surface area contributed by atoms with Crippen molar-refractivity contribution in [1.29, 1.82) is 0 Å². The van der Waals surface area contributed by atoms with Gasteiger partial charge in [-0.05, 0) is 80.9 Å². The minimum absolute atomic E-state index is 0.00721. The Labute approximate surface area is 244 Å². The molecule has 3 aliphatic rings. The van der Waals surface area contributed by atoms with E-state index in [1.54, 1.807) is 10.8 Å². The molecule has 4 aromatic rings. The number of nitrogens with zero attached hydrogens (tertiary/aromatic N) is 4. The minimum Gasteiger partial charge on any atom is -0.382 e. The Balaban J connectivity index is 1.29. The summed E-state index contributed by atoms with van der Waals surface area (Å²) in [5.74, 6) is 0.293. The number of para-hydroxylation sites is 1. The molecule has 1 saturated heterocycles. The third-order valence-electron chi connectivity index (χ3n) is 8.80. The summed E-state index contributed by atoms with van der Waals surface area (Å²) in [6.07, 6.45) is 8.09. The van der Waals surface area contributed by atoms with Crippen LogP contribution in [-0.4, -0.2) is 58.4 Å². The van der Waals surface area contributed by atoms with Crippen molar-refractivity contribution in [3.8, 4) is 0 Å². The molecule has 9 heteroatoms. The molecule has 2 atom stereocenters. The minimum atomic E-state index is -0.718. The molecule has 2 aromatic heterocycles. The fourth-order valence-corrected chi connectivity index (χ4v) is 6.52. The smallest absolute Gasteiger partial charge is 0.257 e. The van der Waals surface area contributed by atoms with E-state index in [0.29, 0.717) is 29.3 Å². The molecule has 0 aliphatic carbocycles. The van der Waals surface area contributed by atoms with Gasteiger partial charge in [0, 0.05) is 53.2 Å².